The van der Waals surface area contributed by atoms with Crippen LogP contribution in [0, 0.1) is 0 Å². The third-order valence-corrected chi connectivity index (χ3v) is 3.96. The maximum Gasteiger partial charge on any atom is 0.274 e. The standard InChI is InChI=1S/C20H17N3O4/c24-17-7-5-14(6-8-17)18-11-16(9-10-21-18)19(25)22-12-13-1-3-15(4-2-13)20(26)23-27/h1-11,24,27H,12H2,(H,22,25)(H,23,26). The van der Waals surface area contributed by atoms with Gasteiger partial charge in [0.15, 0.2) is 0 Å². The summed E-state index contributed by atoms with van der Waals surface area (Å²) in [7, 11) is 0. The van der Waals surface area contributed by atoms with Crippen molar-refractivity contribution in [3.8, 4) is 17.0 Å². The van der Waals surface area contributed by atoms with Crippen LogP contribution in [0.15, 0.2) is 66.9 Å². The van der Waals surface area contributed by atoms with Crippen LogP contribution >= 0.6 is 0 Å². The number of hydroxylamine groups is 1. The highest BCUT2D eigenvalue weighted by atomic mass is 16.5. The van der Waals surface area contributed by atoms with E-state index in [1.807, 2.05) is 0 Å². The van der Waals surface area contributed by atoms with Crippen LogP contribution in [0.2, 0.25) is 0 Å². The molecular formula is C20H17N3O4. The van der Waals surface area contributed by atoms with Crippen LogP contribution in [-0.2, 0) is 6.54 Å². The van der Waals surface area contributed by atoms with Gasteiger partial charge in [0, 0.05) is 29.4 Å². The number of phenolic OH excluding ortho intramolecular Hbond substituents is 1. The molecule has 4 N–H and O–H groups in total. The van der Waals surface area contributed by atoms with Crippen molar-refractivity contribution in [2.24, 2.45) is 0 Å². The van der Waals surface area contributed by atoms with Crippen molar-refractivity contribution in [2.75, 3.05) is 0 Å². The van der Waals surface area contributed by atoms with Gasteiger partial charge in [-0.1, -0.05) is 12.1 Å². The topological polar surface area (TPSA) is 112 Å². The highest BCUT2D eigenvalue weighted by Crippen LogP contribution is 2.20. The zero-order valence-corrected chi connectivity index (χ0v) is 14.2. The Kier molecular flexibility index (Phi) is 5.44. The monoisotopic (exact) mass is 363 g/mol. The molecule has 7 nitrogen and oxygen atoms in total. The summed E-state index contributed by atoms with van der Waals surface area (Å²) in [5.74, 6) is -0.686. The first-order valence-corrected chi connectivity index (χ1v) is 8.14. The first-order chi connectivity index (χ1) is 13.1. The van der Waals surface area contributed by atoms with Crippen molar-refractivity contribution >= 4 is 11.8 Å². The molecule has 136 valence electrons. The predicted octanol–water partition coefficient (Wildman–Crippen LogP) is 2.50. The number of pyridine rings is 1. The van der Waals surface area contributed by atoms with Gasteiger partial charge < -0.3 is 10.4 Å². The van der Waals surface area contributed by atoms with Gasteiger partial charge in [-0.25, -0.2) is 5.48 Å². The second kappa shape index (κ2) is 8.11. The Labute approximate surface area is 155 Å². The summed E-state index contributed by atoms with van der Waals surface area (Å²) in [5, 5.41) is 20.8. The van der Waals surface area contributed by atoms with Crippen LogP contribution in [0.4, 0.5) is 0 Å². The Morgan fingerprint density at radius 1 is 0.889 bits per heavy atom. The third-order valence-electron chi connectivity index (χ3n) is 3.96. The van der Waals surface area contributed by atoms with Gasteiger partial charge in [-0.2, -0.15) is 0 Å². The Balaban J connectivity index is 1.67. The first-order valence-electron chi connectivity index (χ1n) is 8.14. The molecule has 0 radical (unpaired) electrons. The van der Waals surface area contributed by atoms with E-state index in [-0.39, 0.29) is 18.2 Å². The number of nitrogens with one attached hydrogen (secondary N) is 2. The molecule has 2 aromatic carbocycles. The van der Waals surface area contributed by atoms with E-state index < -0.39 is 5.91 Å². The molecule has 3 aromatic rings. The summed E-state index contributed by atoms with van der Waals surface area (Å²) >= 11 is 0. The van der Waals surface area contributed by atoms with Crippen molar-refractivity contribution in [2.45, 2.75) is 6.54 Å². The number of hydrogen-bond acceptors (Lipinski definition) is 5. The summed E-state index contributed by atoms with van der Waals surface area (Å²) in [6.45, 7) is 0.288. The Hall–Kier alpha value is -3.71. The molecule has 0 aliphatic carbocycles. The maximum atomic E-state index is 12.4. The lowest BCUT2D eigenvalue weighted by Gasteiger charge is -2.08. The lowest BCUT2D eigenvalue weighted by molar-refractivity contribution is 0.0706. The number of rotatable bonds is 5. The van der Waals surface area contributed by atoms with Gasteiger partial charge in [-0.05, 0) is 54.1 Å². The number of amides is 2. The second-order valence-electron chi connectivity index (χ2n) is 5.80. The molecule has 27 heavy (non-hydrogen) atoms. The number of carbonyl (C=O) groups is 2. The van der Waals surface area contributed by atoms with Crippen LogP contribution in [0.1, 0.15) is 26.3 Å². The fraction of sp³-hybridized carbons (Fsp3) is 0.0500. The first kappa shape index (κ1) is 18.1. The van der Waals surface area contributed by atoms with E-state index in [1.165, 1.54) is 0 Å². The molecule has 0 spiro atoms. The largest absolute Gasteiger partial charge is 0.508 e. The Bertz CT molecular complexity index is 954. The summed E-state index contributed by atoms with van der Waals surface area (Å²) < 4.78 is 0. The average Bonchev–Trinajstić information content (AvgIpc) is 2.72. The van der Waals surface area contributed by atoms with E-state index >= 15 is 0 Å². The highest BCUT2D eigenvalue weighted by Gasteiger charge is 2.09. The summed E-state index contributed by atoms with van der Waals surface area (Å²) in [6, 6.07) is 16.4. The molecule has 0 unspecified atom stereocenters. The fourth-order valence-corrected chi connectivity index (χ4v) is 2.48. The van der Waals surface area contributed by atoms with Crippen LogP contribution in [0.5, 0.6) is 5.75 Å². The Morgan fingerprint density at radius 3 is 2.26 bits per heavy atom. The van der Waals surface area contributed by atoms with Crippen molar-refractivity contribution in [3.05, 3.63) is 83.6 Å². The number of carbonyl (C=O) groups excluding carboxylic acids is 2. The zero-order valence-electron chi connectivity index (χ0n) is 14.2. The van der Waals surface area contributed by atoms with Gasteiger partial charge in [-0.15, -0.1) is 0 Å². The van der Waals surface area contributed by atoms with Gasteiger partial charge in [0.2, 0.25) is 0 Å². The minimum atomic E-state index is -0.593. The van der Waals surface area contributed by atoms with E-state index in [9.17, 15) is 14.7 Å². The number of benzene rings is 2. The maximum absolute atomic E-state index is 12.4. The van der Waals surface area contributed by atoms with E-state index in [1.54, 1.807) is 72.3 Å². The predicted molar refractivity (Wildman–Crippen MR) is 98.2 cm³/mol. The number of aromatic nitrogens is 1. The van der Waals surface area contributed by atoms with Gasteiger partial charge in [0.25, 0.3) is 11.8 Å². The summed E-state index contributed by atoms with van der Waals surface area (Å²) in [6.07, 6.45) is 1.55. The van der Waals surface area contributed by atoms with Gasteiger partial charge >= 0.3 is 0 Å². The van der Waals surface area contributed by atoms with Gasteiger partial charge in [-0.3, -0.25) is 19.8 Å². The molecule has 0 saturated heterocycles. The second-order valence-corrected chi connectivity index (χ2v) is 5.80. The molecule has 0 fully saturated rings. The molecule has 0 saturated carbocycles. The lowest BCUT2D eigenvalue weighted by atomic mass is 10.1. The Morgan fingerprint density at radius 2 is 1.59 bits per heavy atom. The smallest absolute Gasteiger partial charge is 0.274 e. The molecule has 2 amide bonds. The minimum Gasteiger partial charge on any atom is -0.508 e. The molecule has 7 heteroatoms. The molecule has 0 atom stereocenters. The molecule has 1 heterocycles. The van der Waals surface area contributed by atoms with Crippen LogP contribution in [0.25, 0.3) is 11.3 Å². The number of phenols is 1. The van der Waals surface area contributed by atoms with Gasteiger partial charge in [0.1, 0.15) is 5.75 Å². The molecule has 0 aliphatic heterocycles. The molecule has 3 rings (SSSR count). The van der Waals surface area contributed by atoms with Crippen molar-refractivity contribution in [3.63, 3.8) is 0 Å². The summed E-state index contributed by atoms with van der Waals surface area (Å²) in [5.41, 5.74) is 4.58. The van der Waals surface area contributed by atoms with Crippen LogP contribution in [0.3, 0.4) is 0 Å². The van der Waals surface area contributed by atoms with Gasteiger partial charge in [0.05, 0.1) is 5.69 Å². The van der Waals surface area contributed by atoms with E-state index in [2.05, 4.69) is 10.3 Å². The van der Waals surface area contributed by atoms with Crippen molar-refractivity contribution in [1.82, 2.24) is 15.8 Å². The molecular weight excluding hydrogens is 346 g/mol. The van der Waals surface area contributed by atoms with E-state index in [0.29, 0.717) is 16.8 Å². The van der Waals surface area contributed by atoms with Crippen molar-refractivity contribution < 1.29 is 19.9 Å². The quantitative estimate of drug-likeness (QED) is 0.411. The van der Waals surface area contributed by atoms with E-state index in [4.69, 9.17) is 5.21 Å². The SMILES string of the molecule is O=C(NO)c1ccc(CNC(=O)c2ccnc(-c3ccc(O)cc3)c2)cc1. The average molecular weight is 363 g/mol. The minimum absolute atomic E-state index is 0.162. The van der Waals surface area contributed by atoms with Crippen molar-refractivity contribution in [1.29, 1.82) is 0 Å². The fourth-order valence-electron chi connectivity index (χ4n) is 2.48. The van der Waals surface area contributed by atoms with Crippen LogP contribution < -0.4 is 10.8 Å². The molecule has 0 bridgehead atoms. The molecule has 0 aliphatic rings. The number of aromatic hydroxyl groups is 1. The zero-order chi connectivity index (χ0) is 19.2. The normalized spacial score (nSPS) is 10.3. The molecule has 1 aromatic heterocycles. The van der Waals surface area contributed by atoms with Crippen LogP contribution in [-0.4, -0.2) is 27.1 Å². The number of hydrogen-bond donors (Lipinski definition) is 4. The third kappa shape index (κ3) is 4.47. The van der Waals surface area contributed by atoms with E-state index in [0.717, 1.165) is 11.1 Å². The highest BCUT2D eigenvalue weighted by molar-refractivity contribution is 5.95. The number of nitrogens with zero attached hydrogens (tertiary/aromatic N) is 1. The summed E-state index contributed by atoms with van der Waals surface area (Å²) in [4.78, 5) is 27.9. The lowest BCUT2D eigenvalue weighted by Crippen LogP contribution is -2.23.